The van der Waals surface area contributed by atoms with Crippen LogP contribution in [0.1, 0.15) is 25.3 Å². The van der Waals surface area contributed by atoms with Crippen LogP contribution in [0.5, 0.6) is 0 Å². The van der Waals surface area contributed by atoms with Gasteiger partial charge < -0.3 is 22.3 Å². The van der Waals surface area contributed by atoms with Gasteiger partial charge in [0.25, 0.3) is 0 Å². The second kappa shape index (κ2) is 4.51. The van der Waals surface area contributed by atoms with Crippen molar-refractivity contribution >= 4 is 11.4 Å². The second-order valence-corrected chi connectivity index (χ2v) is 3.83. The van der Waals surface area contributed by atoms with Crippen LogP contribution in [-0.2, 0) is 5.54 Å². The molecule has 0 aromatic heterocycles. The molecule has 0 heterocycles. The molecule has 0 spiro atoms. The molecule has 7 N–H and O–H groups in total. The molecule has 1 atom stereocenters. The lowest BCUT2D eigenvalue weighted by Gasteiger charge is -2.29. The number of benzene rings is 1. The zero-order chi connectivity index (χ0) is 11.5. The maximum absolute atomic E-state index is 9.00. The smallest absolute Gasteiger partial charge is 0.0451 e. The molecule has 84 valence electrons. The monoisotopic (exact) mass is 209 g/mol. The summed E-state index contributed by atoms with van der Waals surface area (Å²) in [7, 11) is 0. The zero-order valence-electron chi connectivity index (χ0n) is 9.03. The third-order valence-electron chi connectivity index (χ3n) is 2.80. The lowest BCUT2D eigenvalue weighted by molar-refractivity contribution is 0.235. The number of aliphatic hydroxyl groups excluding tert-OH is 1. The predicted octanol–water partition coefficient (Wildman–Crippen LogP) is 0.797. The minimum absolute atomic E-state index is 0.0403. The molecule has 0 aliphatic rings. The highest BCUT2D eigenvalue weighted by atomic mass is 16.3. The molecule has 0 fully saturated rings. The predicted molar refractivity (Wildman–Crippen MR) is 63.1 cm³/mol. The summed E-state index contributed by atoms with van der Waals surface area (Å²) in [6.07, 6.45) is 1.19. The first-order valence-electron chi connectivity index (χ1n) is 5.08. The molecular weight excluding hydrogens is 190 g/mol. The van der Waals surface area contributed by atoms with E-state index in [2.05, 4.69) is 0 Å². The maximum atomic E-state index is 9.00. The Labute approximate surface area is 90.1 Å². The van der Waals surface area contributed by atoms with E-state index in [-0.39, 0.29) is 6.61 Å². The fourth-order valence-electron chi connectivity index (χ4n) is 1.71. The van der Waals surface area contributed by atoms with E-state index in [1.54, 1.807) is 18.2 Å². The molecule has 0 radical (unpaired) electrons. The minimum atomic E-state index is -0.589. The van der Waals surface area contributed by atoms with E-state index in [0.29, 0.717) is 24.2 Å². The number of rotatable bonds is 4. The lowest BCUT2D eigenvalue weighted by Crippen LogP contribution is -2.37. The molecule has 0 saturated heterocycles. The van der Waals surface area contributed by atoms with E-state index in [4.69, 9.17) is 22.3 Å². The van der Waals surface area contributed by atoms with Gasteiger partial charge in [0.05, 0.1) is 0 Å². The van der Waals surface area contributed by atoms with Crippen LogP contribution in [0.3, 0.4) is 0 Å². The Morgan fingerprint density at radius 1 is 1.33 bits per heavy atom. The largest absolute Gasteiger partial charge is 0.399 e. The molecule has 0 saturated carbocycles. The van der Waals surface area contributed by atoms with E-state index in [9.17, 15) is 0 Å². The molecule has 1 aromatic carbocycles. The first-order valence-corrected chi connectivity index (χ1v) is 5.08. The molecule has 1 rings (SSSR count). The van der Waals surface area contributed by atoms with Gasteiger partial charge in [-0.1, -0.05) is 6.92 Å². The highest BCUT2D eigenvalue weighted by molar-refractivity contribution is 5.57. The Kier molecular flexibility index (Phi) is 3.55. The number of aliphatic hydroxyl groups is 1. The summed E-state index contributed by atoms with van der Waals surface area (Å²) in [6.45, 7) is 2.01. The number of hydrogen-bond donors (Lipinski definition) is 4. The van der Waals surface area contributed by atoms with Crippen LogP contribution in [0.15, 0.2) is 18.2 Å². The fraction of sp³-hybridized carbons (Fsp3) is 0.455. The Hall–Kier alpha value is -1.26. The van der Waals surface area contributed by atoms with Gasteiger partial charge >= 0.3 is 0 Å². The SMILES string of the molecule is CCC(N)(CCO)c1cc(N)ccc1N. The average molecular weight is 209 g/mol. The van der Waals surface area contributed by atoms with Gasteiger partial charge in [-0.15, -0.1) is 0 Å². The molecule has 1 aromatic rings. The Balaban J connectivity index is 3.16. The van der Waals surface area contributed by atoms with E-state index in [0.717, 1.165) is 5.56 Å². The molecule has 0 amide bonds. The van der Waals surface area contributed by atoms with Crippen molar-refractivity contribution in [2.75, 3.05) is 18.1 Å². The Bertz CT molecular complexity index is 341. The van der Waals surface area contributed by atoms with Gasteiger partial charge in [0.2, 0.25) is 0 Å². The molecule has 1 unspecified atom stereocenters. The molecular formula is C11H19N3O. The van der Waals surface area contributed by atoms with Gasteiger partial charge in [-0.2, -0.15) is 0 Å². The number of nitrogen functional groups attached to an aromatic ring is 2. The van der Waals surface area contributed by atoms with Crippen molar-refractivity contribution in [3.8, 4) is 0 Å². The quantitative estimate of drug-likeness (QED) is 0.551. The van der Waals surface area contributed by atoms with Crippen molar-refractivity contribution in [3.63, 3.8) is 0 Å². The zero-order valence-corrected chi connectivity index (χ0v) is 9.03. The first kappa shape index (κ1) is 11.8. The van der Waals surface area contributed by atoms with Gasteiger partial charge in [0.1, 0.15) is 0 Å². The topological polar surface area (TPSA) is 98.3 Å². The summed E-state index contributed by atoms with van der Waals surface area (Å²) in [4.78, 5) is 0. The van der Waals surface area contributed by atoms with Crippen LogP contribution in [0.4, 0.5) is 11.4 Å². The number of hydrogen-bond acceptors (Lipinski definition) is 4. The summed E-state index contributed by atoms with van der Waals surface area (Å²) in [6, 6.07) is 5.28. The highest BCUT2D eigenvalue weighted by Gasteiger charge is 2.26. The molecule has 0 aliphatic heterocycles. The number of nitrogens with two attached hydrogens (primary N) is 3. The van der Waals surface area contributed by atoms with Gasteiger partial charge in [0.15, 0.2) is 0 Å². The standard InChI is InChI=1S/C11H19N3O/c1-2-11(14,5-6-15)9-7-8(12)3-4-10(9)13/h3-4,7,15H,2,5-6,12-14H2,1H3. The van der Waals surface area contributed by atoms with Gasteiger partial charge in [-0.05, 0) is 36.6 Å². The van der Waals surface area contributed by atoms with E-state index >= 15 is 0 Å². The third-order valence-corrected chi connectivity index (χ3v) is 2.80. The highest BCUT2D eigenvalue weighted by Crippen LogP contribution is 2.31. The first-order chi connectivity index (χ1) is 7.03. The van der Waals surface area contributed by atoms with Crippen LogP contribution in [-0.4, -0.2) is 11.7 Å². The Morgan fingerprint density at radius 2 is 2.00 bits per heavy atom. The van der Waals surface area contributed by atoms with Crippen molar-refractivity contribution in [1.82, 2.24) is 0 Å². The molecule has 0 aliphatic carbocycles. The Morgan fingerprint density at radius 3 is 2.53 bits per heavy atom. The number of anilines is 2. The van der Waals surface area contributed by atoms with Crippen molar-refractivity contribution in [2.24, 2.45) is 5.73 Å². The second-order valence-electron chi connectivity index (χ2n) is 3.83. The fourth-order valence-corrected chi connectivity index (χ4v) is 1.71. The normalized spacial score (nSPS) is 14.9. The van der Waals surface area contributed by atoms with Crippen molar-refractivity contribution in [2.45, 2.75) is 25.3 Å². The summed E-state index contributed by atoms with van der Waals surface area (Å²) in [5, 5.41) is 9.00. The van der Waals surface area contributed by atoms with Gasteiger partial charge in [-0.25, -0.2) is 0 Å². The molecule has 0 bridgehead atoms. The van der Waals surface area contributed by atoms with Crippen molar-refractivity contribution in [3.05, 3.63) is 23.8 Å². The van der Waals surface area contributed by atoms with Gasteiger partial charge in [0, 0.05) is 23.5 Å². The average Bonchev–Trinajstić information content (AvgIpc) is 2.22. The molecule has 4 heteroatoms. The van der Waals surface area contributed by atoms with Crippen LogP contribution in [0.25, 0.3) is 0 Å². The van der Waals surface area contributed by atoms with Crippen molar-refractivity contribution in [1.29, 1.82) is 0 Å². The maximum Gasteiger partial charge on any atom is 0.0451 e. The van der Waals surface area contributed by atoms with Crippen molar-refractivity contribution < 1.29 is 5.11 Å². The molecule has 15 heavy (non-hydrogen) atoms. The molecule has 4 nitrogen and oxygen atoms in total. The minimum Gasteiger partial charge on any atom is -0.399 e. The van der Waals surface area contributed by atoms with E-state index in [1.807, 2.05) is 6.92 Å². The summed E-state index contributed by atoms with van der Waals surface area (Å²) in [5.41, 5.74) is 19.3. The lowest BCUT2D eigenvalue weighted by atomic mass is 9.84. The van der Waals surface area contributed by atoms with Crippen LogP contribution in [0, 0.1) is 0 Å². The van der Waals surface area contributed by atoms with E-state index in [1.165, 1.54) is 0 Å². The van der Waals surface area contributed by atoms with Crippen LogP contribution < -0.4 is 17.2 Å². The van der Waals surface area contributed by atoms with Crippen LogP contribution in [0.2, 0.25) is 0 Å². The summed E-state index contributed by atoms with van der Waals surface area (Å²) in [5.74, 6) is 0. The van der Waals surface area contributed by atoms with Crippen LogP contribution >= 0.6 is 0 Å². The summed E-state index contributed by atoms with van der Waals surface area (Å²) < 4.78 is 0. The third kappa shape index (κ3) is 2.40. The van der Waals surface area contributed by atoms with E-state index < -0.39 is 5.54 Å². The van der Waals surface area contributed by atoms with Gasteiger partial charge in [-0.3, -0.25) is 0 Å². The summed E-state index contributed by atoms with van der Waals surface area (Å²) >= 11 is 0.